The van der Waals surface area contributed by atoms with Gasteiger partial charge in [-0.3, -0.25) is 0 Å². The third kappa shape index (κ3) is 4.39. The van der Waals surface area contributed by atoms with E-state index in [0.717, 1.165) is 13.1 Å². The van der Waals surface area contributed by atoms with Gasteiger partial charge in [-0.1, -0.05) is 19.8 Å². The monoisotopic (exact) mass is 220 g/mol. The highest BCUT2D eigenvalue weighted by atomic mass is 32.2. The number of unbranched alkanes of at least 4 members (excludes halogenated alkanes) is 2. The maximum absolute atomic E-state index is 11.2. The zero-order valence-corrected chi connectivity index (χ0v) is 9.65. The Bertz CT molecular complexity index is 252. The molecule has 4 nitrogen and oxygen atoms in total. The van der Waals surface area contributed by atoms with Crippen LogP contribution in [0.5, 0.6) is 0 Å². The molecule has 0 radical (unpaired) electrons. The van der Waals surface area contributed by atoms with Crippen LogP contribution in [0.3, 0.4) is 0 Å². The van der Waals surface area contributed by atoms with E-state index in [1.807, 2.05) is 0 Å². The van der Waals surface area contributed by atoms with Gasteiger partial charge in [-0.2, -0.15) is 0 Å². The van der Waals surface area contributed by atoms with E-state index in [0.29, 0.717) is 13.1 Å². The first-order valence-electron chi connectivity index (χ1n) is 5.34. The van der Waals surface area contributed by atoms with Crippen molar-refractivity contribution >= 4 is 10.0 Å². The van der Waals surface area contributed by atoms with Gasteiger partial charge in [0.2, 0.25) is 10.0 Å². The average molecular weight is 220 g/mol. The highest BCUT2D eigenvalue weighted by molar-refractivity contribution is 7.89. The Balaban J connectivity index is 2.28. The van der Waals surface area contributed by atoms with E-state index >= 15 is 0 Å². The summed E-state index contributed by atoms with van der Waals surface area (Å²) in [6, 6.07) is 0. The van der Waals surface area contributed by atoms with Crippen molar-refractivity contribution in [1.29, 1.82) is 0 Å². The molecule has 5 heteroatoms. The minimum absolute atomic E-state index is 0.249. The number of hydrogen-bond acceptors (Lipinski definition) is 3. The quantitative estimate of drug-likeness (QED) is 0.698. The van der Waals surface area contributed by atoms with Crippen LogP contribution in [-0.4, -0.2) is 45.2 Å². The molecule has 1 fully saturated rings. The molecule has 1 aliphatic rings. The molecule has 0 saturated carbocycles. The average Bonchev–Trinajstić information content (AvgIpc) is 2.28. The molecule has 0 amide bonds. The van der Waals surface area contributed by atoms with E-state index in [1.54, 1.807) is 0 Å². The van der Waals surface area contributed by atoms with Crippen molar-refractivity contribution in [2.45, 2.75) is 26.2 Å². The Morgan fingerprint density at radius 3 is 2.79 bits per heavy atom. The smallest absolute Gasteiger partial charge is 0.212 e. The minimum Gasteiger partial charge on any atom is -0.301 e. The second-order valence-corrected chi connectivity index (χ2v) is 5.69. The van der Waals surface area contributed by atoms with E-state index in [-0.39, 0.29) is 5.75 Å². The first-order valence-corrected chi connectivity index (χ1v) is 6.99. The molecule has 1 heterocycles. The molecule has 1 N–H and O–H groups in total. The largest absolute Gasteiger partial charge is 0.301 e. The van der Waals surface area contributed by atoms with Gasteiger partial charge in [0.1, 0.15) is 0 Å². The molecular formula is C9H20N2O2S. The molecule has 0 aromatic carbocycles. The Hall–Kier alpha value is -0.130. The lowest BCUT2D eigenvalue weighted by Gasteiger charge is -2.17. The molecule has 14 heavy (non-hydrogen) atoms. The number of nitrogens with one attached hydrogen (secondary N) is 1. The van der Waals surface area contributed by atoms with E-state index in [2.05, 4.69) is 16.5 Å². The fraction of sp³-hybridized carbons (Fsp3) is 1.00. The molecule has 0 unspecified atom stereocenters. The molecule has 0 atom stereocenters. The van der Waals surface area contributed by atoms with Crippen LogP contribution in [-0.2, 0) is 10.0 Å². The Kier molecular flexibility index (Phi) is 4.84. The van der Waals surface area contributed by atoms with E-state index < -0.39 is 10.0 Å². The SMILES string of the molecule is CCCCCN1CCNS(=O)(=O)CC1. The fourth-order valence-electron chi connectivity index (χ4n) is 1.60. The number of sulfonamides is 1. The number of rotatable bonds is 4. The van der Waals surface area contributed by atoms with Gasteiger partial charge in [0.15, 0.2) is 0 Å². The maximum atomic E-state index is 11.2. The maximum Gasteiger partial charge on any atom is 0.212 e. The Morgan fingerprint density at radius 1 is 1.29 bits per heavy atom. The van der Waals surface area contributed by atoms with Crippen molar-refractivity contribution in [2.75, 3.05) is 31.9 Å². The van der Waals surface area contributed by atoms with Crippen molar-refractivity contribution in [3.63, 3.8) is 0 Å². The van der Waals surface area contributed by atoms with Crippen LogP contribution >= 0.6 is 0 Å². The summed E-state index contributed by atoms with van der Waals surface area (Å²) in [5.74, 6) is 0.249. The van der Waals surface area contributed by atoms with Gasteiger partial charge in [0, 0.05) is 19.6 Å². The molecule has 1 rings (SSSR count). The van der Waals surface area contributed by atoms with Crippen molar-refractivity contribution in [3.05, 3.63) is 0 Å². The fourth-order valence-corrected chi connectivity index (χ4v) is 2.65. The van der Waals surface area contributed by atoms with Crippen LogP contribution in [0.15, 0.2) is 0 Å². The first kappa shape index (κ1) is 11.9. The molecule has 0 aromatic heterocycles. The predicted molar refractivity (Wildman–Crippen MR) is 57.8 cm³/mol. The van der Waals surface area contributed by atoms with Crippen molar-refractivity contribution in [3.8, 4) is 0 Å². The van der Waals surface area contributed by atoms with Gasteiger partial charge in [-0.05, 0) is 13.0 Å². The highest BCUT2D eigenvalue weighted by Gasteiger charge is 2.17. The van der Waals surface area contributed by atoms with Gasteiger partial charge >= 0.3 is 0 Å². The molecule has 0 bridgehead atoms. The molecule has 0 aromatic rings. The van der Waals surface area contributed by atoms with Gasteiger partial charge < -0.3 is 4.90 Å². The molecule has 0 aliphatic carbocycles. The minimum atomic E-state index is -2.97. The van der Waals surface area contributed by atoms with Crippen molar-refractivity contribution in [1.82, 2.24) is 9.62 Å². The number of hydrogen-bond donors (Lipinski definition) is 1. The van der Waals surface area contributed by atoms with E-state index in [4.69, 9.17) is 0 Å². The van der Waals surface area contributed by atoms with Crippen molar-refractivity contribution < 1.29 is 8.42 Å². The third-order valence-corrected chi connectivity index (χ3v) is 3.87. The molecule has 1 saturated heterocycles. The van der Waals surface area contributed by atoms with Crippen LogP contribution in [0.1, 0.15) is 26.2 Å². The second kappa shape index (κ2) is 5.68. The number of nitrogens with zero attached hydrogens (tertiary/aromatic N) is 1. The van der Waals surface area contributed by atoms with Gasteiger partial charge in [-0.25, -0.2) is 13.1 Å². The van der Waals surface area contributed by atoms with Crippen LogP contribution in [0.4, 0.5) is 0 Å². The lowest BCUT2D eigenvalue weighted by Crippen LogP contribution is -2.29. The zero-order valence-electron chi connectivity index (χ0n) is 8.83. The summed E-state index contributed by atoms with van der Waals surface area (Å²) in [6.07, 6.45) is 3.62. The summed E-state index contributed by atoms with van der Waals surface area (Å²) < 4.78 is 25.0. The van der Waals surface area contributed by atoms with Gasteiger partial charge in [0.25, 0.3) is 0 Å². The zero-order chi connectivity index (χ0) is 10.4. The standard InChI is InChI=1S/C9H20N2O2S/c1-2-3-4-6-11-7-5-10-14(12,13)9-8-11/h10H,2-9H2,1H3. The Morgan fingerprint density at radius 2 is 2.07 bits per heavy atom. The van der Waals surface area contributed by atoms with Gasteiger partial charge in [0.05, 0.1) is 5.75 Å². The lowest BCUT2D eigenvalue weighted by molar-refractivity contribution is 0.293. The summed E-state index contributed by atoms with van der Waals surface area (Å²) in [4.78, 5) is 2.23. The third-order valence-electron chi connectivity index (χ3n) is 2.50. The van der Waals surface area contributed by atoms with Crippen LogP contribution < -0.4 is 4.72 Å². The molecule has 0 spiro atoms. The predicted octanol–water partition coefficient (Wildman–Crippen LogP) is 0.412. The summed E-state index contributed by atoms with van der Waals surface area (Å²) in [6.45, 7) is 5.30. The second-order valence-electron chi connectivity index (χ2n) is 3.76. The normalized spacial score (nSPS) is 23.2. The van der Waals surface area contributed by atoms with Crippen LogP contribution in [0.25, 0.3) is 0 Å². The molecule has 84 valence electrons. The Labute approximate surface area is 86.7 Å². The summed E-state index contributed by atoms with van der Waals surface area (Å²) in [5, 5.41) is 0. The topological polar surface area (TPSA) is 49.4 Å². The highest BCUT2D eigenvalue weighted by Crippen LogP contribution is 2.01. The lowest BCUT2D eigenvalue weighted by atomic mass is 10.2. The van der Waals surface area contributed by atoms with Gasteiger partial charge in [-0.15, -0.1) is 0 Å². The van der Waals surface area contributed by atoms with E-state index in [1.165, 1.54) is 19.3 Å². The summed E-state index contributed by atoms with van der Waals surface area (Å²) >= 11 is 0. The molecular weight excluding hydrogens is 200 g/mol. The van der Waals surface area contributed by atoms with Crippen molar-refractivity contribution in [2.24, 2.45) is 0 Å². The first-order chi connectivity index (χ1) is 6.64. The van der Waals surface area contributed by atoms with Crippen LogP contribution in [0, 0.1) is 0 Å². The van der Waals surface area contributed by atoms with E-state index in [9.17, 15) is 8.42 Å². The summed E-state index contributed by atoms with van der Waals surface area (Å²) in [5.41, 5.74) is 0. The summed E-state index contributed by atoms with van der Waals surface area (Å²) in [7, 11) is -2.97. The van der Waals surface area contributed by atoms with Crippen LogP contribution in [0.2, 0.25) is 0 Å². The molecule has 1 aliphatic heterocycles.